The van der Waals surface area contributed by atoms with Gasteiger partial charge >= 0.3 is 0 Å². The first-order chi connectivity index (χ1) is 10.5. The second-order valence-corrected chi connectivity index (χ2v) is 6.09. The monoisotopic (exact) mass is 316 g/mol. The summed E-state index contributed by atoms with van der Waals surface area (Å²) in [6, 6.07) is 14.6. The van der Waals surface area contributed by atoms with Crippen molar-refractivity contribution in [2.75, 3.05) is 5.32 Å². The van der Waals surface area contributed by atoms with Gasteiger partial charge in [0, 0.05) is 5.69 Å². The summed E-state index contributed by atoms with van der Waals surface area (Å²) in [6.07, 6.45) is 0. The summed E-state index contributed by atoms with van der Waals surface area (Å²) in [4.78, 5) is 0. The lowest BCUT2D eigenvalue weighted by Crippen LogP contribution is -2.35. The van der Waals surface area contributed by atoms with Crippen LogP contribution in [0.2, 0.25) is 0 Å². The van der Waals surface area contributed by atoms with Gasteiger partial charge in [-0.1, -0.05) is 44.2 Å². The summed E-state index contributed by atoms with van der Waals surface area (Å²) in [5.74, 6) is 0.0916. The third-order valence-corrected chi connectivity index (χ3v) is 3.80. The highest BCUT2D eigenvalue weighted by atomic mass is 32.1. The van der Waals surface area contributed by atoms with E-state index in [1.807, 2.05) is 31.2 Å². The summed E-state index contributed by atoms with van der Waals surface area (Å²) < 4.78 is 13.1. The van der Waals surface area contributed by atoms with E-state index in [0.29, 0.717) is 11.0 Å². The zero-order valence-corrected chi connectivity index (χ0v) is 13.9. The number of nitrogens with one attached hydrogen (secondary N) is 2. The average molecular weight is 316 g/mol. The molecule has 0 aliphatic carbocycles. The number of anilines is 1. The smallest absolute Gasteiger partial charge is 0.171 e. The van der Waals surface area contributed by atoms with Gasteiger partial charge in [-0.15, -0.1) is 0 Å². The first-order valence-corrected chi connectivity index (χ1v) is 7.77. The minimum atomic E-state index is -0.230. The van der Waals surface area contributed by atoms with E-state index in [4.69, 9.17) is 12.2 Å². The van der Waals surface area contributed by atoms with Crippen LogP contribution in [-0.2, 0) is 0 Å². The molecule has 0 amide bonds. The second-order valence-electron chi connectivity index (χ2n) is 5.69. The summed E-state index contributed by atoms with van der Waals surface area (Å²) in [5.41, 5.74) is 3.14. The molecule has 0 fully saturated rings. The Hall–Kier alpha value is -1.94. The van der Waals surface area contributed by atoms with Crippen molar-refractivity contribution in [2.24, 2.45) is 5.92 Å². The molecule has 0 unspecified atom stereocenters. The topological polar surface area (TPSA) is 24.1 Å². The maximum Gasteiger partial charge on any atom is 0.171 e. The molecular formula is C18H21FN2S. The zero-order chi connectivity index (χ0) is 16.1. The van der Waals surface area contributed by atoms with Crippen LogP contribution in [0.15, 0.2) is 48.5 Å². The summed E-state index contributed by atoms with van der Waals surface area (Å²) in [7, 11) is 0. The molecule has 2 aromatic carbocycles. The van der Waals surface area contributed by atoms with E-state index in [1.54, 1.807) is 12.1 Å². The van der Waals surface area contributed by atoms with Crippen molar-refractivity contribution in [3.05, 3.63) is 65.5 Å². The molecule has 0 radical (unpaired) electrons. The van der Waals surface area contributed by atoms with Crippen LogP contribution in [0, 0.1) is 18.7 Å². The van der Waals surface area contributed by atoms with Crippen molar-refractivity contribution in [3.63, 3.8) is 0 Å². The van der Waals surface area contributed by atoms with Gasteiger partial charge in [0.1, 0.15) is 5.82 Å². The van der Waals surface area contributed by atoms with E-state index in [0.717, 1.165) is 16.8 Å². The molecule has 22 heavy (non-hydrogen) atoms. The number of aryl methyl sites for hydroxylation is 1. The van der Waals surface area contributed by atoms with Gasteiger partial charge in [0.15, 0.2) is 5.11 Å². The zero-order valence-electron chi connectivity index (χ0n) is 13.1. The van der Waals surface area contributed by atoms with E-state index in [-0.39, 0.29) is 11.9 Å². The number of para-hydroxylation sites is 1. The van der Waals surface area contributed by atoms with E-state index < -0.39 is 0 Å². The van der Waals surface area contributed by atoms with Gasteiger partial charge < -0.3 is 10.6 Å². The van der Waals surface area contributed by atoms with Crippen LogP contribution < -0.4 is 10.6 Å². The van der Waals surface area contributed by atoms with Crippen LogP contribution >= 0.6 is 12.2 Å². The molecule has 2 rings (SSSR count). The molecule has 2 nitrogen and oxygen atoms in total. The molecule has 0 saturated heterocycles. The van der Waals surface area contributed by atoms with Crippen molar-refractivity contribution in [1.82, 2.24) is 5.32 Å². The van der Waals surface area contributed by atoms with Crippen molar-refractivity contribution in [1.29, 1.82) is 0 Å². The van der Waals surface area contributed by atoms with Gasteiger partial charge in [0.05, 0.1) is 6.04 Å². The fourth-order valence-electron chi connectivity index (χ4n) is 2.32. The largest absolute Gasteiger partial charge is 0.355 e. The molecule has 0 aliphatic heterocycles. The maximum atomic E-state index is 13.1. The van der Waals surface area contributed by atoms with Gasteiger partial charge in [-0.2, -0.15) is 0 Å². The predicted molar refractivity (Wildman–Crippen MR) is 94.5 cm³/mol. The van der Waals surface area contributed by atoms with E-state index in [2.05, 4.69) is 24.5 Å². The molecule has 2 aromatic rings. The highest BCUT2D eigenvalue weighted by molar-refractivity contribution is 7.80. The Kier molecular flexibility index (Phi) is 5.50. The Labute approximate surface area is 136 Å². The molecule has 1 atom stereocenters. The molecule has 0 saturated carbocycles. The molecule has 2 N–H and O–H groups in total. The van der Waals surface area contributed by atoms with Gasteiger partial charge in [-0.25, -0.2) is 4.39 Å². The SMILES string of the molecule is Cc1ccccc1NC(=S)N[C@H](c1ccc(F)cc1)C(C)C. The Morgan fingerprint density at radius 1 is 1.05 bits per heavy atom. The van der Waals surface area contributed by atoms with Crippen LogP contribution in [0.1, 0.15) is 31.0 Å². The van der Waals surface area contributed by atoms with Crippen LogP contribution in [0.5, 0.6) is 0 Å². The summed E-state index contributed by atoms with van der Waals surface area (Å²) in [6.45, 7) is 6.25. The lowest BCUT2D eigenvalue weighted by Gasteiger charge is -2.25. The van der Waals surface area contributed by atoms with E-state index in [9.17, 15) is 4.39 Å². The third-order valence-electron chi connectivity index (χ3n) is 3.58. The average Bonchev–Trinajstić information content (AvgIpc) is 2.48. The Morgan fingerprint density at radius 2 is 1.68 bits per heavy atom. The molecule has 0 aliphatic rings. The Balaban J connectivity index is 2.09. The highest BCUT2D eigenvalue weighted by Gasteiger charge is 2.17. The Morgan fingerprint density at radius 3 is 2.27 bits per heavy atom. The van der Waals surface area contributed by atoms with Gasteiger partial charge in [-0.05, 0) is 54.4 Å². The number of hydrogen-bond acceptors (Lipinski definition) is 1. The first kappa shape index (κ1) is 16.4. The fourth-order valence-corrected chi connectivity index (χ4v) is 2.55. The van der Waals surface area contributed by atoms with Crippen LogP contribution in [0.3, 0.4) is 0 Å². The quantitative estimate of drug-likeness (QED) is 0.791. The number of thiocarbonyl (C=S) groups is 1. The molecule has 116 valence electrons. The van der Waals surface area contributed by atoms with Crippen molar-refractivity contribution in [2.45, 2.75) is 26.8 Å². The molecule has 0 bridgehead atoms. The minimum Gasteiger partial charge on any atom is -0.355 e. The fraction of sp³-hybridized carbons (Fsp3) is 0.278. The predicted octanol–water partition coefficient (Wildman–Crippen LogP) is 4.82. The normalized spacial score (nSPS) is 12.0. The van der Waals surface area contributed by atoms with Crippen LogP contribution in [0.25, 0.3) is 0 Å². The highest BCUT2D eigenvalue weighted by Crippen LogP contribution is 2.22. The molecule has 0 heterocycles. The van der Waals surface area contributed by atoms with Crippen LogP contribution in [0.4, 0.5) is 10.1 Å². The number of halogens is 1. The van der Waals surface area contributed by atoms with Crippen LogP contribution in [-0.4, -0.2) is 5.11 Å². The van der Waals surface area contributed by atoms with Crippen molar-refractivity contribution < 1.29 is 4.39 Å². The molecular weight excluding hydrogens is 295 g/mol. The molecule has 0 aromatic heterocycles. The third kappa shape index (κ3) is 4.28. The van der Waals surface area contributed by atoms with Crippen molar-refractivity contribution in [3.8, 4) is 0 Å². The summed E-state index contributed by atoms with van der Waals surface area (Å²) >= 11 is 5.42. The number of rotatable bonds is 4. The van der Waals surface area contributed by atoms with Gasteiger partial charge in [0.25, 0.3) is 0 Å². The van der Waals surface area contributed by atoms with Crippen molar-refractivity contribution >= 4 is 23.0 Å². The number of hydrogen-bond donors (Lipinski definition) is 2. The lowest BCUT2D eigenvalue weighted by atomic mass is 9.96. The minimum absolute atomic E-state index is 0.0321. The summed E-state index contributed by atoms with van der Waals surface area (Å²) in [5, 5.41) is 7.12. The Bertz CT molecular complexity index is 638. The van der Waals surface area contributed by atoms with Gasteiger partial charge in [-0.3, -0.25) is 0 Å². The standard InChI is InChI=1S/C18H21FN2S/c1-12(2)17(14-8-10-15(19)11-9-14)21-18(22)20-16-7-5-4-6-13(16)3/h4-12,17H,1-3H3,(H2,20,21,22)/t17-/m0/s1. The lowest BCUT2D eigenvalue weighted by molar-refractivity contribution is 0.472. The number of benzene rings is 2. The maximum absolute atomic E-state index is 13.1. The second kappa shape index (κ2) is 7.36. The van der Waals surface area contributed by atoms with Gasteiger partial charge in [0.2, 0.25) is 0 Å². The molecule has 4 heteroatoms. The van der Waals surface area contributed by atoms with E-state index in [1.165, 1.54) is 12.1 Å². The first-order valence-electron chi connectivity index (χ1n) is 7.36. The van der Waals surface area contributed by atoms with E-state index >= 15 is 0 Å². The molecule has 0 spiro atoms.